The van der Waals surface area contributed by atoms with Crippen molar-refractivity contribution in [3.63, 3.8) is 0 Å². The quantitative estimate of drug-likeness (QED) is 0.834. The molecule has 3 nitrogen and oxygen atoms in total. The summed E-state index contributed by atoms with van der Waals surface area (Å²) in [6.07, 6.45) is 3.82. The van der Waals surface area contributed by atoms with E-state index in [1.165, 1.54) is 24.8 Å². The summed E-state index contributed by atoms with van der Waals surface area (Å²) in [6.45, 7) is 4.29. The molecule has 0 radical (unpaired) electrons. The van der Waals surface area contributed by atoms with Crippen LogP contribution in [0.15, 0.2) is 24.3 Å². The topological polar surface area (TPSA) is 36.4 Å². The predicted molar refractivity (Wildman–Crippen MR) is 74.2 cm³/mol. The maximum atomic E-state index is 9.57. The number of hydrogen-bond donors (Lipinski definition) is 1. The van der Waals surface area contributed by atoms with E-state index in [0.717, 1.165) is 29.8 Å². The molecule has 2 aromatic rings. The van der Waals surface area contributed by atoms with Crippen molar-refractivity contribution in [1.29, 1.82) is 0 Å². The van der Waals surface area contributed by atoms with Crippen LogP contribution >= 0.6 is 0 Å². The molecule has 0 spiro atoms. The molecule has 18 heavy (non-hydrogen) atoms. The average Bonchev–Trinajstić information content (AvgIpc) is 2.39. The number of rotatable bonds is 1. The molecule has 1 aliphatic heterocycles. The number of hydrogen-bond acceptors (Lipinski definition) is 3. The molecule has 1 aromatic heterocycles. The third-order valence-corrected chi connectivity index (χ3v) is 3.67. The number of phenols is 1. The van der Waals surface area contributed by atoms with Gasteiger partial charge in [-0.15, -0.1) is 0 Å². The molecule has 0 atom stereocenters. The number of aromatic hydroxyl groups is 1. The number of aryl methyl sites for hydroxylation is 1. The Morgan fingerprint density at radius 1 is 1.11 bits per heavy atom. The highest BCUT2D eigenvalue weighted by Crippen LogP contribution is 2.26. The van der Waals surface area contributed by atoms with Crippen molar-refractivity contribution < 1.29 is 5.11 Å². The first-order chi connectivity index (χ1) is 8.74. The minimum atomic E-state index is 0.283. The largest absolute Gasteiger partial charge is 0.508 e. The van der Waals surface area contributed by atoms with Crippen LogP contribution in [0.25, 0.3) is 10.9 Å². The van der Waals surface area contributed by atoms with Crippen LogP contribution in [-0.4, -0.2) is 23.2 Å². The summed E-state index contributed by atoms with van der Waals surface area (Å²) >= 11 is 0. The fraction of sp³-hybridized carbons (Fsp3) is 0.400. The minimum absolute atomic E-state index is 0.283. The Morgan fingerprint density at radius 2 is 1.89 bits per heavy atom. The van der Waals surface area contributed by atoms with Gasteiger partial charge in [0, 0.05) is 24.5 Å². The smallest absolute Gasteiger partial charge is 0.129 e. The molecule has 1 fully saturated rings. The summed E-state index contributed by atoms with van der Waals surface area (Å²) in [7, 11) is 0. The lowest BCUT2D eigenvalue weighted by molar-refractivity contribution is 0.476. The van der Waals surface area contributed by atoms with E-state index in [1.807, 2.05) is 6.07 Å². The third-order valence-electron chi connectivity index (χ3n) is 3.67. The highest BCUT2D eigenvalue weighted by Gasteiger charge is 2.13. The predicted octanol–water partition coefficient (Wildman–Crippen LogP) is 3.24. The summed E-state index contributed by atoms with van der Waals surface area (Å²) in [4.78, 5) is 7.03. The standard InChI is InChI=1S/C15H18N2O/c1-11-9-15(17-7-3-2-4-8-17)16-14-10-12(18)5-6-13(11)14/h5-6,9-10,18H,2-4,7-8H2,1H3. The van der Waals surface area contributed by atoms with Crippen LogP contribution < -0.4 is 4.90 Å². The van der Waals surface area contributed by atoms with Crippen LogP contribution in [0, 0.1) is 6.92 Å². The van der Waals surface area contributed by atoms with Gasteiger partial charge in [-0.25, -0.2) is 4.98 Å². The fourth-order valence-electron chi connectivity index (χ4n) is 2.66. The van der Waals surface area contributed by atoms with E-state index in [2.05, 4.69) is 22.9 Å². The van der Waals surface area contributed by atoms with E-state index in [0.29, 0.717) is 0 Å². The second-order valence-electron chi connectivity index (χ2n) is 5.05. The lowest BCUT2D eigenvalue weighted by Gasteiger charge is -2.28. The van der Waals surface area contributed by atoms with E-state index in [4.69, 9.17) is 0 Å². The molecule has 1 aliphatic rings. The zero-order chi connectivity index (χ0) is 12.5. The molecule has 0 amide bonds. The summed E-state index contributed by atoms with van der Waals surface area (Å²) in [5, 5.41) is 10.7. The number of nitrogens with zero attached hydrogens (tertiary/aromatic N) is 2. The van der Waals surface area contributed by atoms with Crippen LogP contribution in [0.5, 0.6) is 5.75 Å². The van der Waals surface area contributed by atoms with E-state index >= 15 is 0 Å². The molecule has 0 unspecified atom stereocenters. The summed E-state index contributed by atoms with van der Waals surface area (Å²) < 4.78 is 0. The summed E-state index contributed by atoms with van der Waals surface area (Å²) in [5.74, 6) is 1.33. The SMILES string of the molecule is Cc1cc(N2CCCCC2)nc2cc(O)ccc12. The average molecular weight is 242 g/mol. The number of aromatic nitrogens is 1. The molecule has 0 aliphatic carbocycles. The molecule has 94 valence electrons. The molecular weight excluding hydrogens is 224 g/mol. The van der Waals surface area contributed by atoms with Gasteiger partial charge in [0.05, 0.1) is 5.52 Å². The van der Waals surface area contributed by atoms with Gasteiger partial charge in [0.15, 0.2) is 0 Å². The number of phenolic OH excluding ortho intramolecular Hbond substituents is 1. The van der Waals surface area contributed by atoms with Crippen LogP contribution in [0.4, 0.5) is 5.82 Å². The van der Waals surface area contributed by atoms with Crippen molar-refractivity contribution >= 4 is 16.7 Å². The number of anilines is 1. The Labute approximate surface area is 107 Å². The van der Waals surface area contributed by atoms with Gasteiger partial charge in [-0.2, -0.15) is 0 Å². The van der Waals surface area contributed by atoms with Crippen LogP contribution in [0.1, 0.15) is 24.8 Å². The van der Waals surface area contributed by atoms with Gasteiger partial charge in [-0.1, -0.05) is 0 Å². The normalized spacial score (nSPS) is 16.2. The van der Waals surface area contributed by atoms with Crippen molar-refractivity contribution in [2.45, 2.75) is 26.2 Å². The zero-order valence-electron chi connectivity index (χ0n) is 10.7. The Balaban J connectivity index is 2.07. The van der Waals surface area contributed by atoms with Gasteiger partial charge in [0.1, 0.15) is 11.6 Å². The molecule has 3 rings (SSSR count). The molecular formula is C15H18N2O. The number of pyridine rings is 1. The molecule has 2 heterocycles. The van der Waals surface area contributed by atoms with E-state index in [9.17, 15) is 5.11 Å². The van der Waals surface area contributed by atoms with Crippen molar-refractivity contribution in [1.82, 2.24) is 4.98 Å². The lowest BCUT2D eigenvalue weighted by Crippen LogP contribution is -2.30. The first kappa shape index (κ1) is 11.3. The van der Waals surface area contributed by atoms with Crippen molar-refractivity contribution in [2.24, 2.45) is 0 Å². The highest BCUT2D eigenvalue weighted by molar-refractivity contribution is 5.85. The van der Waals surface area contributed by atoms with Crippen molar-refractivity contribution in [3.8, 4) is 5.75 Å². The molecule has 0 bridgehead atoms. The number of benzene rings is 1. The molecule has 3 heteroatoms. The van der Waals surface area contributed by atoms with Gasteiger partial charge >= 0.3 is 0 Å². The second kappa shape index (κ2) is 4.48. The van der Waals surface area contributed by atoms with Crippen molar-refractivity contribution in [2.75, 3.05) is 18.0 Å². The fourth-order valence-corrected chi connectivity index (χ4v) is 2.66. The molecule has 0 saturated carbocycles. The van der Waals surface area contributed by atoms with Gasteiger partial charge < -0.3 is 10.0 Å². The summed E-state index contributed by atoms with van der Waals surface area (Å²) in [6, 6.07) is 7.56. The Kier molecular flexibility index (Phi) is 2.82. The zero-order valence-corrected chi connectivity index (χ0v) is 10.7. The van der Waals surface area contributed by atoms with Gasteiger partial charge in [-0.05, 0) is 49.9 Å². The van der Waals surface area contributed by atoms with Gasteiger partial charge in [0.2, 0.25) is 0 Å². The molecule has 1 aromatic carbocycles. The maximum Gasteiger partial charge on any atom is 0.129 e. The third kappa shape index (κ3) is 2.01. The Hall–Kier alpha value is -1.77. The Bertz CT molecular complexity index is 574. The number of fused-ring (bicyclic) bond motifs is 1. The van der Waals surface area contributed by atoms with Crippen LogP contribution in [-0.2, 0) is 0 Å². The Morgan fingerprint density at radius 3 is 2.67 bits per heavy atom. The number of piperidine rings is 1. The minimum Gasteiger partial charge on any atom is -0.508 e. The molecule has 1 N–H and O–H groups in total. The molecule has 1 saturated heterocycles. The van der Waals surface area contributed by atoms with Crippen molar-refractivity contribution in [3.05, 3.63) is 29.8 Å². The van der Waals surface area contributed by atoms with Crippen LogP contribution in [0.3, 0.4) is 0 Å². The van der Waals surface area contributed by atoms with E-state index in [1.54, 1.807) is 12.1 Å². The van der Waals surface area contributed by atoms with Crippen LogP contribution in [0.2, 0.25) is 0 Å². The monoisotopic (exact) mass is 242 g/mol. The summed E-state index contributed by atoms with van der Waals surface area (Å²) in [5.41, 5.74) is 2.11. The highest BCUT2D eigenvalue weighted by atomic mass is 16.3. The maximum absolute atomic E-state index is 9.57. The lowest BCUT2D eigenvalue weighted by atomic mass is 10.1. The van der Waals surface area contributed by atoms with E-state index in [-0.39, 0.29) is 5.75 Å². The van der Waals surface area contributed by atoms with E-state index < -0.39 is 0 Å². The first-order valence-corrected chi connectivity index (χ1v) is 6.59. The van der Waals surface area contributed by atoms with Gasteiger partial charge in [-0.3, -0.25) is 0 Å². The van der Waals surface area contributed by atoms with Gasteiger partial charge in [0.25, 0.3) is 0 Å². The first-order valence-electron chi connectivity index (χ1n) is 6.59. The second-order valence-corrected chi connectivity index (χ2v) is 5.05.